The van der Waals surface area contributed by atoms with Crippen LogP contribution >= 0.6 is 0 Å². The van der Waals surface area contributed by atoms with Crippen molar-refractivity contribution < 1.29 is 23.6 Å². The van der Waals surface area contributed by atoms with Crippen LogP contribution in [0.25, 0.3) is 11.4 Å². The summed E-state index contributed by atoms with van der Waals surface area (Å²) in [6.07, 6.45) is 0.459. The van der Waals surface area contributed by atoms with Gasteiger partial charge in [0.05, 0.1) is 20.8 Å². The number of rotatable bonds is 9. The smallest absolute Gasteiger partial charge is 0.240 e. The van der Waals surface area contributed by atoms with Gasteiger partial charge in [-0.15, -0.1) is 0 Å². The number of carbonyl (C=O) groups excluding carboxylic acids is 2. The Balaban J connectivity index is 1.97. The summed E-state index contributed by atoms with van der Waals surface area (Å²) in [6, 6.07) is 5.31. The Hall–Kier alpha value is -3.10. The molecule has 1 heterocycles. The maximum atomic E-state index is 12.5. The third-order valence-electron chi connectivity index (χ3n) is 4.25. The second kappa shape index (κ2) is 10.1. The largest absolute Gasteiger partial charge is 0.493 e. The van der Waals surface area contributed by atoms with E-state index in [9.17, 15) is 9.59 Å². The maximum Gasteiger partial charge on any atom is 0.240 e. The van der Waals surface area contributed by atoms with E-state index in [-0.39, 0.29) is 36.7 Å². The van der Waals surface area contributed by atoms with E-state index in [2.05, 4.69) is 15.5 Å². The lowest BCUT2D eigenvalue weighted by Crippen LogP contribution is -2.47. The number of ether oxygens (including phenoxy) is 2. The fraction of sp³-hybridized carbons (Fsp3) is 0.524. The van der Waals surface area contributed by atoms with Gasteiger partial charge in [0, 0.05) is 30.5 Å². The number of nitrogens with zero attached hydrogens (tertiary/aromatic N) is 3. The summed E-state index contributed by atoms with van der Waals surface area (Å²) in [7, 11) is 3.11. The zero-order chi connectivity index (χ0) is 22.3. The lowest BCUT2D eigenvalue weighted by atomic mass is 10.1. The van der Waals surface area contributed by atoms with Crippen LogP contribution in [0.4, 0.5) is 0 Å². The van der Waals surface area contributed by atoms with Gasteiger partial charge < -0.3 is 24.2 Å². The molecule has 2 rings (SSSR count). The van der Waals surface area contributed by atoms with Crippen molar-refractivity contribution in [2.45, 2.75) is 46.1 Å². The number of carbonyl (C=O) groups is 2. The van der Waals surface area contributed by atoms with Crippen LogP contribution in [-0.2, 0) is 16.0 Å². The fourth-order valence-corrected chi connectivity index (χ4v) is 2.83. The Morgan fingerprint density at radius 3 is 2.47 bits per heavy atom. The highest BCUT2D eigenvalue weighted by Crippen LogP contribution is 2.31. The third-order valence-corrected chi connectivity index (χ3v) is 4.25. The molecule has 9 nitrogen and oxygen atoms in total. The first-order valence-corrected chi connectivity index (χ1v) is 9.80. The summed E-state index contributed by atoms with van der Waals surface area (Å²) in [6.45, 7) is 7.99. The van der Waals surface area contributed by atoms with Crippen molar-refractivity contribution in [1.29, 1.82) is 0 Å². The average molecular weight is 418 g/mol. The molecule has 2 amide bonds. The molecule has 2 aromatic rings. The summed E-state index contributed by atoms with van der Waals surface area (Å²) in [5.74, 6) is 1.58. The molecule has 0 radical (unpaired) electrons. The number of hydrogen-bond donors (Lipinski definition) is 1. The second-order valence-electron chi connectivity index (χ2n) is 7.79. The van der Waals surface area contributed by atoms with E-state index in [1.807, 2.05) is 27.7 Å². The highest BCUT2D eigenvalue weighted by atomic mass is 16.5. The van der Waals surface area contributed by atoms with Crippen LogP contribution in [0, 0.1) is 0 Å². The molecule has 1 aromatic carbocycles. The minimum absolute atomic E-state index is 0.0212. The number of hydrogen-bond acceptors (Lipinski definition) is 7. The van der Waals surface area contributed by atoms with Crippen LogP contribution in [0.2, 0.25) is 0 Å². The number of nitrogens with one attached hydrogen (secondary N) is 1. The Kier molecular flexibility index (Phi) is 7.79. The standard InChI is InChI=1S/C21H30N4O5/c1-7-25(13-17(26)23-21(2,3)4)19(27)11-10-18-22-20(24-30-18)14-8-9-15(28-5)16(12-14)29-6/h8-9,12H,7,10-11,13H2,1-6H3,(H,23,26). The van der Waals surface area contributed by atoms with Crippen LogP contribution in [0.15, 0.2) is 22.7 Å². The monoisotopic (exact) mass is 418 g/mol. The first-order chi connectivity index (χ1) is 14.2. The first kappa shape index (κ1) is 23.2. The number of likely N-dealkylation sites (N-methyl/N-ethyl adjacent to an activating group) is 1. The first-order valence-electron chi connectivity index (χ1n) is 9.80. The van der Waals surface area contributed by atoms with Gasteiger partial charge in [-0.1, -0.05) is 5.16 Å². The van der Waals surface area contributed by atoms with Gasteiger partial charge in [-0.2, -0.15) is 4.98 Å². The summed E-state index contributed by atoms with van der Waals surface area (Å²) in [5, 5.41) is 6.84. The fourth-order valence-electron chi connectivity index (χ4n) is 2.83. The Bertz CT molecular complexity index is 873. The lowest BCUT2D eigenvalue weighted by Gasteiger charge is -2.25. The van der Waals surface area contributed by atoms with Gasteiger partial charge in [-0.05, 0) is 45.9 Å². The predicted octanol–water partition coefficient (Wildman–Crippen LogP) is 2.45. The molecular formula is C21H30N4O5. The molecule has 0 bridgehead atoms. The Morgan fingerprint density at radius 1 is 1.17 bits per heavy atom. The average Bonchev–Trinajstić information content (AvgIpc) is 3.17. The molecule has 1 N–H and O–H groups in total. The van der Waals surface area contributed by atoms with E-state index in [0.29, 0.717) is 35.3 Å². The molecule has 0 spiro atoms. The van der Waals surface area contributed by atoms with Crippen LogP contribution in [-0.4, -0.2) is 59.7 Å². The van der Waals surface area contributed by atoms with Crippen molar-refractivity contribution in [2.24, 2.45) is 0 Å². The molecule has 0 aliphatic heterocycles. The van der Waals surface area contributed by atoms with E-state index < -0.39 is 0 Å². The number of aryl methyl sites for hydroxylation is 1. The van der Waals surface area contributed by atoms with E-state index in [1.165, 1.54) is 4.90 Å². The van der Waals surface area contributed by atoms with E-state index in [4.69, 9.17) is 14.0 Å². The second-order valence-corrected chi connectivity index (χ2v) is 7.79. The lowest BCUT2D eigenvalue weighted by molar-refractivity contribution is -0.136. The van der Waals surface area contributed by atoms with Crippen molar-refractivity contribution >= 4 is 11.8 Å². The summed E-state index contributed by atoms with van der Waals surface area (Å²) in [5.41, 5.74) is 0.368. The molecule has 0 saturated carbocycles. The van der Waals surface area contributed by atoms with Gasteiger partial charge in [0.2, 0.25) is 23.5 Å². The van der Waals surface area contributed by atoms with Crippen LogP contribution in [0.3, 0.4) is 0 Å². The molecule has 0 fully saturated rings. The van der Waals surface area contributed by atoms with Gasteiger partial charge in [0.15, 0.2) is 11.5 Å². The van der Waals surface area contributed by atoms with Crippen molar-refractivity contribution in [3.63, 3.8) is 0 Å². The topological polar surface area (TPSA) is 107 Å². The van der Waals surface area contributed by atoms with Crippen molar-refractivity contribution in [2.75, 3.05) is 27.3 Å². The number of amides is 2. The minimum atomic E-state index is -0.343. The maximum absolute atomic E-state index is 12.5. The van der Waals surface area contributed by atoms with Crippen LogP contribution < -0.4 is 14.8 Å². The number of aromatic nitrogens is 2. The van der Waals surface area contributed by atoms with Gasteiger partial charge >= 0.3 is 0 Å². The van der Waals surface area contributed by atoms with E-state index in [1.54, 1.807) is 32.4 Å². The van der Waals surface area contributed by atoms with E-state index in [0.717, 1.165) is 0 Å². The van der Waals surface area contributed by atoms with Crippen LogP contribution in [0.1, 0.15) is 40.0 Å². The molecule has 30 heavy (non-hydrogen) atoms. The molecule has 9 heteroatoms. The molecule has 0 aliphatic carbocycles. The Labute approximate surface area is 176 Å². The van der Waals surface area contributed by atoms with Gasteiger partial charge in [0.1, 0.15) is 0 Å². The summed E-state index contributed by atoms with van der Waals surface area (Å²) >= 11 is 0. The summed E-state index contributed by atoms with van der Waals surface area (Å²) in [4.78, 5) is 30.5. The van der Waals surface area contributed by atoms with Crippen LogP contribution in [0.5, 0.6) is 11.5 Å². The van der Waals surface area contributed by atoms with Gasteiger partial charge in [-0.3, -0.25) is 9.59 Å². The summed E-state index contributed by atoms with van der Waals surface area (Å²) < 4.78 is 15.8. The van der Waals surface area contributed by atoms with Crippen molar-refractivity contribution in [3.8, 4) is 22.9 Å². The molecule has 0 unspecified atom stereocenters. The zero-order valence-corrected chi connectivity index (χ0v) is 18.4. The zero-order valence-electron chi connectivity index (χ0n) is 18.4. The highest BCUT2D eigenvalue weighted by molar-refractivity contribution is 5.85. The quantitative estimate of drug-likeness (QED) is 0.666. The van der Waals surface area contributed by atoms with Crippen molar-refractivity contribution in [1.82, 2.24) is 20.4 Å². The molecular weight excluding hydrogens is 388 g/mol. The minimum Gasteiger partial charge on any atom is -0.493 e. The molecule has 1 aromatic heterocycles. The van der Waals surface area contributed by atoms with E-state index >= 15 is 0 Å². The van der Waals surface area contributed by atoms with Gasteiger partial charge in [-0.25, -0.2) is 0 Å². The molecule has 0 saturated heterocycles. The molecule has 0 atom stereocenters. The third kappa shape index (κ3) is 6.47. The van der Waals surface area contributed by atoms with Crippen molar-refractivity contribution in [3.05, 3.63) is 24.1 Å². The normalized spacial score (nSPS) is 11.1. The molecule has 0 aliphatic rings. The highest BCUT2D eigenvalue weighted by Gasteiger charge is 2.20. The molecule has 164 valence electrons. The Morgan fingerprint density at radius 2 is 1.87 bits per heavy atom. The SMILES string of the molecule is CCN(CC(=O)NC(C)(C)C)C(=O)CCc1nc(-c2ccc(OC)c(OC)c2)no1. The number of methoxy groups -OCH3 is 2. The number of benzene rings is 1. The van der Waals surface area contributed by atoms with Gasteiger partial charge in [0.25, 0.3) is 0 Å². The predicted molar refractivity (Wildman–Crippen MR) is 111 cm³/mol.